The van der Waals surface area contributed by atoms with E-state index in [2.05, 4.69) is 5.32 Å². The standard InChI is InChI=1S/C16H15NO3/c1-9(18)17-13-8-12-14(20-2)7-6-10-4-3-5-11(15(10)12)16(13)19/h3-7,13H,8H2,1-2H3,(H,17,18). The molecule has 0 bridgehead atoms. The molecule has 0 saturated heterocycles. The first-order valence-electron chi connectivity index (χ1n) is 6.51. The van der Waals surface area contributed by atoms with Crippen LogP contribution in [0.3, 0.4) is 0 Å². The third-order valence-corrected chi connectivity index (χ3v) is 3.70. The maximum Gasteiger partial charge on any atom is 0.217 e. The van der Waals surface area contributed by atoms with Crippen molar-refractivity contribution in [2.24, 2.45) is 0 Å². The van der Waals surface area contributed by atoms with Crippen molar-refractivity contribution in [3.8, 4) is 5.75 Å². The van der Waals surface area contributed by atoms with Gasteiger partial charge >= 0.3 is 0 Å². The molecular weight excluding hydrogens is 254 g/mol. The highest BCUT2D eigenvalue weighted by Crippen LogP contribution is 2.35. The van der Waals surface area contributed by atoms with Gasteiger partial charge < -0.3 is 10.1 Å². The van der Waals surface area contributed by atoms with Gasteiger partial charge in [-0.25, -0.2) is 0 Å². The van der Waals surface area contributed by atoms with Crippen molar-refractivity contribution in [1.29, 1.82) is 0 Å². The Morgan fingerprint density at radius 3 is 2.80 bits per heavy atom. The van der Waals surface area contributed by atoms with Gasteiger partial charge in [0.05, 0.1) is 13.2 Å². The average molecular weight is 269 g/mol. The van der Waals surface area contributed by atoms with E-state index in [4.69, 9.17) is 4.74 Å². The lowest BCUT2D eigenvalue weighted by Crippen LogP contribution is -2.43. The zero-order chi connectivity index (χ0) is 14.3. The Labute approximate surface area is 116 Å². The molecular formula is C16H15NO3. The molecule has 0 aliphatic heterocycles. The van der Waals surface area contributed by atoms with E-state index in [0.29, 0.717) is 12.0 Å². The monoisotopic (exact) mass is 269 g/mol. The highest BCUT2D eigenvalue weighted by Gasteiger charge is 2.30. The molecule has 20 heavy (non-hydrogen) atoms. The molecule has 0 heterocycles. The zero-order valence-electron chi connectivity index (χ0n) is 11.4. The van der Waals surface area contributed by atoms with Crippen molar-refractivity contribution in [2.75, 3.05) is 7.11 Å². The Morgan fingerprint density at radius 2 is 2.10 bits per heavy atom. The van der Waals surface area contributed by atoms with Gasteiger partial charge in [0.25, 0.3) is 0 Å². The summed E-state index contributed by atoms with van der Waals surface area (Å²) in [6, 6.07) is 8.99. The first kappa shape index (κ1) is 12.7. The molecule has 1 aliphatic rings. The Hall–Kier alpha value is -2.36. The topological polar surface area (TPSA) is 55.4 Å². The van der Waals surface area contributed by atoms with Crippen molar-refractivity contribution in [2.45, 2.75) is 19.4 Å². The number of carbonyl (C=O) groups excluding carboxylic acids is 2. The molecule has 0 fully saturated rings. The summed E-state index contributed by atoms with van der Waals surface area (Å²) in [4.78, 5) is 23.8. The minimum absolute atomic E-state index is 0.0356. The average Bonchev–Trinajstić information content (AvgIpc) is 2.43. The molecule has 1 aliphatic carbocycles. The number of rotatable bonds is 2. The van der Waals surface area contributed by atoms with E-state index in [9.17, 15) is 9.59 Å². The van der Waals surface area contributed by atoms with E-state index in [1.807, 2.05) is 30.3 Å². The molecule has 3 rings (SSSR count). The maximum atomic E-state index is 12.5. The van der Waals surface area contributed by atoms with Gasteiger partial charge in [0, 0.05) is 24.5 Å². The molecule has 0 saturated carbocycles. The quantitative estimate of drug-likeness (QED) is 0.908. The first-order chi connectivity index (χ1) is 9.61. The summed E-state index contributed by atoms with van der Waals surface area (Å²) in [6.45, 7) is 1.42. The van der Waals surface area contributed by atoms with Crippen LogP contribution in [-0.4, -0.2) is 24.8 Å². The van der Waals surface area contributed by atoms with Crippen LogP contribution in [0.1, 0.15) is 22.8 Å². The van der Waals surface area contributed by atoms with Crippen molar-refractivity contribution in [3.05, 3.63) is 41.5 Å². The number of amides is 1. The number of benzene rings is 2. The number of hydrogen-bond acceptors (Lipinski definition) is 3. The van der Waals surface area contributed by atoms with Crippen LogP contribution in [0.15, 0.2) is 30.3 Å². The fourth-order valence-electron chi connectivity index (χ4n) is 2.88. The Morgan fingerprint density at radius 1 is 1.30 bits per heavy atom. The predicted molar refractivity (Wildman–Crippen MR) is 76.1 cm³/mol. The lowest BCUT2D eigenvalue weighted by atomic mass is 9.84. The van der Waals surface area contributed by atoms with Crippen LogP contribution in [0.25, 0.3) is 10.8 Å². The van der Waals surface area contributed by atoms with E-state index in [1.54, 1.807) is 7.11 Å². The molecule has 0 radical (unpaired) electrons. The molecule has 2 aromatic carbocycles. The maximum absolute atomic E-state index is 12.5. The molecule has 1 N–H and O–H groups in total. The second kappa shape index (κ2) is 4.63. The lowest BCUT2D eigenvalue weighted by molar-refractivity contribution is -0.119. The van der Waals surface area contributed by atoms with Gasteiger partial charge in [0.2, 0.25) is 5.91 Å². The third-order valence-electron chi connectivity index (χ3n) is 3.70. The SMILES string of the molecule is COc1ccc2cccc3c2c1CC(NC(C)=O)C3=O. The number of nitrogens with one attached hydrogen (secondary N) is 1. The summed E-state index contributed by atoms with van der Waals surface area (Å²) in [7, 11) is 1.62. The number of carbonyl (C=O) groups is 2. The molecule has 4 nitrogen and oxygen atoms in total. The van der Waals surface area contributed by atoms with Gasteiger partial charge in [-0.2, -0.15) is 0 Å². The summed E-state index contributed by atoms with van der Waals surface area (Å²) in [5.74, 6) is 0.522. The molecule has 4 heteroatoms. The van der Waals surface area contributed by atoms with Crippen LogP contribution in [-0.2, 0) is 11.2 Å². The Balaban J connectivity index is 2.23. The molecule has 1 amide bonds. The number of methoxy groups -OCH3 is 1. The molecule has 1 atom stereocenters. The summed E-state index contributed by atoms with van der Waals surface area (Å²) >= 11 is 0. The fourth-order valence-corrected chi connectivity index (χ4v) is 2.88. The van der Waals surface area contributed by atoms with Crippen molar-refractivity contribution < 1.29 is 14.3 Å². The largest absolute Gasteiger partial charge is 0.496 e. The predicted octanol–water partition coefficient (Wildman–Crippen LogP) is 2.09. The lowest BCUT2D eigenvalue weighted by Gasteiger charge is -2.25. The number of ketones is 1. The van der Waals surface area contributed by atoms with E-state index in [0.717, 1.165) is 22.1 Å². The van der Waals surface area contributed by atoms with Crippen molar-refractivity contribution in [1.82, 2.24) is 5.32 Å². The molecule has 1 unspecified atom stereocenters. The van der Waals surface area contributed by atoms with Crippen LogP contribution in [0.4, 0.5) is 0 Å². The van der Waals surface area contributed by atoms with Gasteiger partial charge in [0.15, 0.2) is 5.78 Å². The van der Waals surface area contributed by atoms with Crippen LogP contribution >= 0.6 is 0 Å². The normalized spacial score (nSPS) is 17.1. The Kier molecular flexibility index (Phi) is 2.93. The summed E-state index contributed by atoms with van der Waals surface area (Å²) < 4.78 is 5.40. The minimum atomic E-state index is -0.512. The second-order valence-electron chi connectivity index (χ2n) is 4.97. The number of hydrogen-bond donors (Lipinski definition) is 1. The smallest absolute Gasteiger partial charge is 0.217 e. The summed E-state index contributed by atoms with van der Waals surface area (Å²) in [5.41, 5.74) is 1.64. The highest BCUT2D eigenvalue weighted by atomic mass is 16.5. The van der Waals surface area contributed by atoms with E-state index in [-0.39, 0.29) is 11.7 Å². The van der Waals surface area contributed by atoms with Gasteiger partial charge in [-0.15, -0.1) is 0 Å². The van der Waals surface area contributed by atoms with Crippen LogP contribution < -0.4 is 10.1 Å². The molecule has 0 aromatic heterocycles. The second-order valence-corrected chi connectivity index (χ2v) is 4.97. The van der Waals surface area contributed by atoms with Crippen LogP contribution in [0, 0.1) is 0 Å². The first-order valence-corrected chi connectivity index (χ1v) is 6.51. The summed E-state index contributed by atoms with van der Waals surface area (Å²) in [5, 5.41) is 4.69. The van der Waals surface area contributed by atoms with Gasteiger partial charge in [-0.3, -0.25) is 9.59 Å². The molecule has 2 aromatic rings. The van der Waals surface area contributed by atoms with Crippen molar-refractivity contribution >= 4 is 22.5 Å². The van der Waals surface area contributed by atoms with Gasteiger partial charge in [-0.05, 0) is 16.8 Å². The van der Waals surface area contributed by atoms with E-state index < -0.39 is 6.04 Å². The third kappa shape index (κ3) is 1.84. The number of ether oxygens (including phenoxy) is 1. The van der Waals surface area contributed by atoms with Gasteiger partial charge in [0.1, 0.15) is 5.75 Å². The zero-order valence-corrected chi connectivity index (χ0v) is 11.4. The molecule has 102 valence electrons. The van der Waals surface area contributed by atoms with E-state index >= 15 is 0 Å². The number of Topliss-reactive ketones (excluding diaryl/α,β-unsaturated/α-hetero) is 1. The molecule has 0 spiro atoms. The van der Waals surface area contributed by atoms with Crippen LogP contribution in [0.2, 0.25) is 0 Å². The fraction of sp³-hybridized carbons (Fsp3) is 0.250. The van der Waals surface area contributed by atoms with E-state index in [1.165, 1.54) is 6.92 Å². The van der Waals surface area contributed by atoms with Gasteiger partial charge in [-0.1, -0.05) is 24.3 Å². The minimum Gasteiger partial charge on any atom is -0.496 e. The van der Waals surface area contributed by atoms with Crippen molar-refractivity contribution in [3.63, 3.8) is 0 Å². The van der Waals surface area contributed by atoms with Crippen LogP contribution in [0.5, 0.6) is 5.75 Å². The highest BCUT2D eigenvalue weighted by molar-refractivity contribution is 6.14. The Bertz CT molecular complexity index is 721. The summed E-state index contributed by atoms with van der Waals surface area (Å²) in [6.07, 6.45) is 0.468.